The van der Waals surface area contributed by atoms with Crippen LogP contribution in [0.3, 0.4) is 0 Å². The molecular weight excluding hydrogens is 284 g/mol. The second-order valence-electron chi connectivity index (χ2n) is 5.27. The molecule has 2 aliphatic rings. The van der Waals surface area contributed by atoms with Crippen molar-refractivity contribution in [3.05, 3.63) is 52.5 Å². The van der Waals surface area contributed by atoms with E-state index >= 15 is 0 Å². The van der Waals surface area contributed by atoms with Gasteiger partial charge in [0.15, 0.2) is 5.78 Å². The summed E-state index contributed by atoms with van der Waals surface area (Å²) in [7, 11) is 1.55. The smallest absolute Gasteiger partial charge is 0.171 e. The maximum Gasteiger partial charge on any atom is 0.171 e. The predicted octanol–water partition coefficient (Wildman–Crippen LogP) is 3.05. The molecule has 4 heteroatoms. The molecule has 3 atom stereocenters. The lowest BCUT2D eigenvalue weighted by Gasteiger charge is -2.24. The molecule has 1 aliphatic carbocycles. The highest BCUT2D eigenvalue weighted by Gasteiger charge is 2.34. The van der Waals surface area contributed by atoms with E-state index in [0.717, 1.165) is 21.8 Å². The molecule has 0 saturated carbocycles. The third kappa shape index (κ3) is 2.48. The van der Waals surface area contributed by atoms with Crippen LogP contribution in [-0.2, 0) is 9.53 Å². The first kappa shape index (κ1) is 14.6. The standard InChI is InChI=1S/C17H18O3S/c1-3-10-11-6-4-5-7-15(11)21-16-9-13(18)14(20-2)8-12(16)17(10)19/h4-10,13-14,18H,3H2,1-2H3. The summed E-state index contributed by atoms with van der Waals surface area (Å²) in [6, 6.07) is 8.01. The van der Waals surface area contributed by atoms with E-state index in [-0.39, 0.29) is 11.7 Å². The zero-order valence-corrected chi connectivity index (χ0v) is 12.9. The van der Waals surface area contributed by atoms with E-state index in [2.05, 4.69) is 0 Å². The minimum absolute atomic E-state index is 0.121. The number of thioether (sulfide) groups is 1. The number of hydrogen-bond donors (Lipinski definition) is 1. The summed E-state index contributed by atoms with van der Waals surface area (Å²) in [6.07, 6.45) is 3.11. The maximum atomic E-state index is 12.9. The number of allylic oxidation sites excluding steroid dienone is 1. The van der Waals surface area contributed by atoms with Crippen LogP contribution in [0.5, 0.6) is 0 Å². The normalized spacial score (nSPS) is 28.1. The number of carbonyl (C=O) groups is 1. The average molecular weight is 302 g/mol. The SMILES string of the molecule is CCC1C(=O)C2=CC(OC)C(O)C=C2Sc2ccccc21. The van der Waals surface area contributed by atoms with Crippen LogP contribution < -0.4 is 0 Å². The van der Waals surface area contributed by atoms with Gasteiger partial charge in [-0.2, -0.15) is 0 Å². The van der Waals surface area contributed by atoms with Gasteiger partial charge in [0.05, 0.1) is 0 Å². The molecule has 21 heavy (non-hydrogen) atoms. The van der Waals surface area contributed by atoms with Crippen LogP contribution in [0.2, 0.25) is 0 Å². The Kier molecular flexibility index (Phi) is 4.02. The number of hydrogen-bond acceptors (Lipinski definition) is 4. The summed E-state index contributed by atoms with van der Waals surface area (Å²) in [5.41, 5.74) is 1.76. The first-order valence-corrected chi connectivity index (χ1v) is 7.93. The lowest BCUT2D eigenvalue weighted by molar-refractivity contribution is -0.116. The number of methoxy groups -OCH3 is 1. The van der Waals surface area contributed by atoms with Crippen LogP contribution in [-0.4, -0.2) is 30.2 Å². The second kappa shape index (κ2) is 5.79. The van der Waals surface area contributed by atoms with Crippen molar-refractivity contribution in [2.75, 3.05) is 7.11 Å². The highest BCUT2D eigenvalue weighted by molar-refractivity contribution is 8.03. The van der Waals surface area contributed by atoms with Crippen molar-refractivity contribution in [1.29, 1.82) is 0 Å². The van der Waals surface area contributed by atoms with Gasteiger partial charge < -0.3 is 9.84 Å². The third-order valence-corrected chi connectivity index (χ3v) is 5.20. The number of carbonyl (C=O) groups excluding carboxylic acids is 1. The van der Waals surface area contributed by atoms with Crippen molar-refractivity contribution in [3.8, 4) is 0 Å². The summed E-state index contributed by atoms with van der Waals surface area (Å²) < 4.78 is 5.26. The number of benzene rings is 1. The molecule has 1 N–H and O–H groups in total. The van der Waals surface area contributed by atoms with Crippen molar-refractivity contribution < 1.29 is 14.6 Å². The van der Waals surface area contributed by atoms with E-state index in [1.165, 1.54) is 0 Å². The largest absolute Gasteiger partial charge is 0.386 e. The second-order valence-corrected chi connectivity index (χ2v) is 6.35. The summed E-state index contributed by atoms with van der Waals surface area (Å²) in [6.45, 7) is 2.03. The number of rotatable bonds is 2. The molecule has 110 valence electrons. The molecule has 0 amide bonds. The Labute approximate surface area is 128 Å². The van der Waals surface area contributed by atoms with Gasteiger partial charge in [-0.3, -0.25) is 4.79 Å². The maximum absolute atomic E-state index is 12.9. The highest BCUT2D eigenvalue weighted by atomic mass is 32.2. The third-order valence-electron chi connectivity index (χ3n) is 4.03. The fraction of sp³-hybridized carbons (Fsp3) is 0.353. The molecule has 1 heterocycles. The van der Waals surface area contributed by atoms with Crippen molar-refractivity contribution in [2.45, 2.75) is 36.4 Å². The summed E-state index contributed by atoms with van der Waals surface area (Å²) in [5, 5.41) is 10.1. The molecule has 0 radical (unpaired) electrons. The molecule has 3 unspecified atom stereocenters. The number of ketones is 1. The Bertz CT molecular complexity index is 633. The molecule has 3 rings (SSSR count). The molecular formula is C17H18O3S. The van der Waals surface area contributed by atoms with E-state index in [4.69, 9.17) is 4.74 Å². The molecule has 0 saturated heterocycles. The molecule has 1 aromatic carbocycles. The van der Waals surface area contributed by atoms with Crippen LogP contribution in [0.25, 0.3) is 0 Å². The fourth-order valence-corrected chi connectivity index (χ4v) is 4.10. The van der Waals surface area contributed by atoms with Gasteiger partial charge in [-0.15, -0.1) is 0 Å². The van der Waals surface area contributed by atoms with Crippen LogP contribution in [0, 0.1) is 0 Å². The van der Waals surface area contributed by atoms with Crippen molar-refractivity contribution in [3.63, 3.8) is 0 Å². The Morgan fingerprint density at radius 2 is 2.05 bits per heavy atom. The summed E-state index contributed by atoms with van der Waals surface area (Å²) in [5.74, 6) is -0.00579. The van der Waals surface area contributed by atoms with Gasteiger partial charge in [-0.1, -0.05) is 36.9 Å². The molecule has 1 aliphatic heterocycles. The zero-order valence-electron chi connectivity index (χ0n) is 12.1. The Balaban J connectivity index is 2.12. The summed E-state index contributed by atoms with van der Waals surface area (Å²) in [4.78, 5) is 14.8. The van der Waals surface area contributed by atoms with Gasteiger partial charge >= 0.3 is 0 Å². The van der Waals surface area contributed by atoms with Gasteiger partial charge in [0.25, 0.3) is 0 Å². The number of Topliss-reactive ketones (excluding diaryl/α,β-unsaturated/α-hetero) is 1. The van der Waals surface area contributed by atoms with E-state index in [9.17, 15) is 9.90 Å². The number of ether oxygens (including phenoxy) is 1. The van der Waals surface area contributed by atoms with E-state index in [1.54, 1.807) is 31.0 Å². The van der Waals surface area contributed by atoms with Crippen LogP contribution in [0.15, 0.2) is 51.8 Å². The van der Waals surface area contributed by atoms with E-state index in [0.29, 0.717) is 5.57 Å². The first-order valence-electron chi connectivity index (χ1n) is 7.11. The summed E-state index contributed by atoms with van der Waals surface area (Å²) >= 11 is 1.56. The van der Waals surface area contributed by atoms with Crippen LogP contribution in [0.1, 0.15) is 24.8 Å². The van der Waals surface area contributed by atoms with Crippen molar-refractivity contribution in [1.82, 2.24) is 0 Å². The Morgan fingerprint density at radius 1 is 1.29 bits per heavy atom. The van der Waals surface area contributed by atoms with E-state index in [1.807, 2.05) is 31.2 Å². The molecule has 0 aromatic heterocycles. The lowest BCUT2D eigenvalue weighted by atomic mass is 9.86. The average Bonchev–Trinajstić information content (AvgIpc) is 2.60. The minimum Gasteiger partial charge on any atom is -0.386 e. The lowest BCUT2D eigenvalue weighted by Crippen LogP contribution is -2.29. The Hall–Kier alpha value is -1.36. The fourth-order valence-electron chi connectivity index (χ4n) is 2.90. The van der Waals surface area contributed by atoms with Crippen molar-refractivity contribution >= 4 is 17.5 Å². The molecule has 0 fully saturated rings. The van der Waals surface area contributed by atoms with Crippen molar-refractivity contribution in [2.24, 2.45) is 0 Å². The molecule has 1 aromatic rings. The van der Waals surface area contributed by atoms with Crippen LogP contribution >= 0.6 is 11.8 Å². The Morgan fingerprint density at radius 3 is 2.76 bits per heavy atom. The minimum atomic E-state index is -0.709. The molecule has 0 bridgehead atoms. The van der Waals surface area contributed by atoms with Gasteiger partial charge in [0.1, 0.15) is 12.2 Å². The highest BCUT2D eigenvalue weighted by Crippen LogP contribution is 2.45. The number of aliphatic hydroxyl groups is 1. The quantitative estimate of drug-likeness (QED) is 0.912. The molecule has 3 nitrogen and oxygen atoms in total. The topological polar surface area (TPSA) is 46.5 Å². The van der Waals surface area contributed by atoms with Gasteiger partial charge in [0.2, 0.25) is 0 Å². The van der Waals surface area contributed by atoms with Crippen LogP contribution in [0.4, 0.5) is 0 Å². The number of aliphatic hydroxyl groups excluding tert-OH is 1. The van der Waals surface area contributed by atoms with Gasteiger partial charge in [-0.05, 0) is 30.2 Å². The number of fused-ring (bicyclic) bond motifs is 2. The predicted molar refractivity (Wildman–Crippen MR) is 83.3 cm³/mol. The van der Waals surface area contributed by atoms with Gasteiger partial charge in [-0.25, -0.2) is 0 Å². The van der Waals surface area contributed by atoms with Gasteiger partial charge in [0, 0.05) is 28.4 Å². The molecule has 0 spiro atoms. The zero-order chi connectivity index (χ0) is 15.0. The first-order chi connectivity index (χ1) is 10.2. The monoisotopic (exact) mass is 302 g/mol. The van der Waals surface area contributed by atoms with E-state index < -0.39 is 12.2 Å².